The summed E-state index contributed by atoms with van der Waals surface area (Å²) in [7, 11) is 1.54. The first-order valence-corrected chi connectivity index (χ1v) is 4.70. The third-order valence-electron chi connectivity index (χ3n) is 2.00. The molecule has 0 aliphatic heterocycles. The zero-order valence-corrected chi connectivity index (χ0v) is 8.66. The van der Waals surface area contributed by atoms with E-state index in [4.69, 9.17) is 15.1 Å². The Kier molecular flexibility index (Phi) is 4.61. The second kappa shape index (κ2) is 6.02. The van der Waals surface area contributed by atoms with Crippen molar-refractivity contribution in [3.63, 3.8) is 0 Å². The van der Waals surface area contributed by atoms with Crippen molar-refractivity contribution in [2.24, 2.45) is 0 Å². The Labute approximate surface area is 89.1 Å². The number of benzene rings is 1. The van der Waals surface area contributed by atoms with Gasteiger partial charge in [0.15, 0.2) is 0 Å². The van der Waals surface area contributed by atoms with Crippen LogP contribution in [0.25, 0.3) is 0 Å². The van der Waals surface area contributed by atoms with Gasteiger partial charge in [0, 0.05) is 13.1 Å². The molecule has 0 atom stereocenters. The molecule has 0 aliphatic carbocycles. The van der Waals surface area contributed by atoms with E-state index in [1.54, 1.807) is 19.2 Å². The average Bonchev–Trinajstić information content (AvgIpc) is 2.29. The lowest BCUT2D eigenvalue weighted by Gasteiger charge is -2.06. The highest BCUT2D eigenvalue weighted by molar-refractivity contribution is 5.45. The van der Waals surface area contributed by atoms with Crippen molar-refractivity contribution in [3.05, 3.63) is 29.3 Å². The summed E-state index contributed by atoms with van der Waals surface area (Å²) in [6, 6.07) is 7.52. The molecule has 0 fully saturated rings. The Morgan fingerprint density at radius 1 is 1.53 bits per heavy atom. The fourth-order valence-electron chi connectivity index (χ4n) is 1.26. The van der Waals surface area contributed by atoms with E-state index in [9.17, 15) is 0 Å². The van der Waals surface area contributed by atoms with E-state index in [1.165, 1.54) is 0 Å². The fourth-order valence-corrected chi connectivity index (χ4v) is 1.26. The number of nitrogens with one attached hydrogen (secondary N) is 1. The topological polar surface area (TPSA) is 65.3 Å². The van der Waals surface area contributed by atoms with Gasteiger partial charge in [0.2, 0.25) is 0 Å². The monoisotopic (exact) mass is 206 g/mol. The van der Waals surface area contributed by atoms with E-state index in [1.807, 2.05) is 6.07 Å². The maximum absolute atomic E-state index is 8.86. The minimum atomic E-state index is 0.112. The molecule has 0 aromatic heterocycles. The Balaban J connectivity index is 2.71. The standard InChI is InChI=1S/C11H14N2O2/c1-15-11-3-2-9(6-10(11)7-12)8-13-4-5-14/h2-3,6,13-14H,4-5,8H2,1H3. The van der Waals surface area contributed by atoms with Gasteiger partial charge >= 0.3 is 0 Å². The first-order valence-electron chi connectivity index (χ1n) is 4.70. The van der Waals surface area contributed by atoms with E-state index in [0.29, 0.717) is 24.4 Å². The molecule has 0 saturated carbocycles. The predicted octanol–water partition coefficient (Wildman–Crippen LogP) is 0.649. The molecule has 0 aliphatic rings. The molecule has 2 N–H and O–H groups in total. The summed E-state index contributed by atoms with van der Waals surface area (Å²) in [5.41, 5.74) is 1.53. The van der Waals surface area contributed by atoms with Gasteiger partial charge in [0.05, 0.1) is 19.3 Å². The lowest BCUT2D eigenvalue weighted by atomic mass is 10.1. The SMILES string of the molecule is COc1ccc(CNCCO)cc1C#N. The van der Waals surface area contributed by atoms with Gasteiger partial charge in [0.1, 0.15) is 11.8 Å². The maximum Gasteiger partial charge on any atom is 0.136 e. The molecule has 4 nitrogen and oxygen atoms in total. The van der Waals surface area contributed by atoms with Crippen LogP contribution in [0.15, 0.2) is 18.2 Å². The molecule has 1 aromatic carbocycles. The summed E-state index contributed by atoms with van der Waals surface area (Å²) in [6.45, 7) is 1.30. The lowest BCUT2D eigenvalue weighted by molar-refractivity contribution is 0.292. The third-order valence-corrected chi connectivity index (χ3v) is 2.00. The molecule has 0 heterocycles. The highest BCUT2D eigenvalue weighted by Gasteiger charge is 2.02. The predicted molar refractivity (Wildman–Crippen MR) is 56.5 cm³/mol. The molecule has 0 bridgehead atoms. The molecule has 1 aromatic rings. The number of nitriles is 1. The number of rotatable bonds is 5. The van der Waals surface area contributed by atoms with Gasteiger partial charge in [-0.3, -0.25) is 0 Å². The van der Waals surface area contributed by atoms with Gasteiger partial charge in [0.25, 0.3) is 0 Å². The molecular formula is C11H14N2O2. The number of aliphatic hydroxyl groups is 1. The van der Waals surface area contributed by atoms with Gasteiger partial charge in [-0.05, 0) is 17.7 Å². The Hall–Kier alpha value is -1.57. The Bertz CT molecular complexity index is 358. The number of methoxy groups -OCH3 is 1. The van der Waals surface area contributed by atoms with Crippen LogP contribution in [0.4, 0.5) is 0 Å². The van der Waals surface area contributed by atoms with E-state index in [0.717, 1.165) is 5.56 Å². The maximum atomic E-state index is 8.86. The molecule has 0 spiro atoms. The van der Waals surface area contributed by atoms with Crippen LogP contribution in [-0.2, 0) is 6.54 Å². The second-order valence-corrected chi connectivity index (χ2v) is 3.05. The highest BCUT2D eigenvalue weighted by Crippen LogP contribution is 2.18. The smallest absolute Gasteiger partial charge is 0.136 e. The molecule has 80 valence electrons. The largest absolute Gasteiger partial charge is 0.495 e. The third kappa shape index (κ3) is 3.24. The van der Waals surface area contributed by atoms with Crippen molar-refractivity contribution in [1.29, 1.82) is 5.26 Å². The van der Waals surface area contributed by atoms with E-state index in [-0.39, 0.29) is 6.61 Å². The molecule has 0 amide bonds. The summed E-state index contributed by atoms with van der Waals surface area (Å²) in [4.78, 5) is 0. The number of hydrogen-bond donors (Lipinski definition) is 2. The van der Waals surface area contributed by atoms with Gasteiger partial charge in [-0.15, -0.1) is 0 Å². The first kappa shape index (κ1) is 11.5. The summed E-state index contributed by atoms with van der Waals surface area (Å²) >= 11 is 0. The Morgan fingerprint density at radius 3 is 2.93 bits per heavy atom. The zero-order valence-electron chi connectivity index (χ0n) is 8.66. The lowest BCUT2D eigenvalue weighted by Crippen LogP contribution is -2.17. The van der Waals surface area contributed by atoms with Crippen LogP contribution in [0.3, 0.4) is 0 Å². The average molecular weight is 206 g/mol. The molecule has 0 radical (unpaired) electrons. The van der Waals surface area contributed by atoms with Gasteiger partial charge in [-0.2, -0.15) is 5.26 Å². The van der Waals surface area contributed by atoms with Crippen LogP contribution in [0.1, 0.15) is 11.1 Å². The zero-order chi connectivity index (χ0) is 11.1. The second-order valence-electron chi connectivity index (χ2n) is 3.05. The molecular weight excluding hydrogens is 192 g/mol. The van der Waals surface area contributed by atoms with Crippen LogP contribution >= 0.6 is 0 Å². The van der Waals surface area contributed by atoms with Crippen LogP contribution in [0.2, 0.25) is 0 Å². The molecule has 0 saturated heterocycles. The fraction of sp³-hybridized carbons (Fsp3) is 0.364. The van der Waals surface area contributed by atoms with Crippen LogP contribution in [-0.4, -0.2) is 25.4 Å². The van der Waals surface area contributed by atoms with Crippen molar-refractivity contribution in [3.8, 4) is 11.8 Å². The van der Waals surface area contributed by atoms with Gasteiger partial charge in [-0.1, -0.05) is 6.07 Å². The van der Waals surface area contributed by atoms with Crippen molar-refractivity contribution < 1.29 is 9.84 Å². The van der Waals surface area contributed by atoms with Crippen molar-refractivity contribution in [2.45, 2.75) is 6.54 Å². The quantitative estimate of drug-likeness (QED) is 0.694. The minimum absolute atomic E-state index is 0.112. The van der Waals surface area contributed by atoms with Gasteiger partial charge in [-0.25, -0.2) is 0 Å². The van der Waals surface area contributed by atoms with E-state index in [2.05, 4.69) is 11.4 Å². The van der Waals surface area contributed by atoms with Gasteiger partial charge < -0.3 is 15.2 Å². The molecule has 4 heteroatoms. The summed E-state index contributed by atoms with van der Waals surface area (Å²) in [5.74, 6) is 0.586. The number of hydrogen-bond acceptors (Lipinski definition) is 4. The number of aliphatic hydroxyl groups excluding tert-OH is 1. The highest BCUT2D eigenvalue weighted by atomic mass is 16.5. The molecule has 15 heavy (non-hydrogen) atoms. The first-order chi connectivity index (χ1) is 7.31. The number of nitrogens with zero attached hydrogens (tertiary/aromatic N) is 1. The molecule has 0 unspecified atom stereocenters. The summed E-state index contributed by atoms with van der Waals surface area (Å²) in [6.07, 6.45) is 0. The van der Waals surface area contributed by atoms with Crippen molar-refractivity contribution in [2.75, 3.05) is 20.3 Å². The molecule has 1 rings (SSSR count). The summed E-state index contributed by atoms with van der Waals surface area (Å²) < 4.78 is 5.03. The Morgan fingerprint density at radius 2 is 2.33 bits per heavy atom. The van der Waals surface area contributed by atoms with Crippen molar-refractivity contribution in [1.82, 2.24) is 5.32 Å². The minimum Gasteiger partial charge on any atom is -0.495 e. The normalized spacial score (nSPS) is 9.67. The van der Waals surface area contributed by atoms with Crippen molar-refractivity contribution >= 4 is 0 Å². The van der Waals surface area contributed by atoms with Crippen LogP contribution < -0.4 is 10.1 Å². The number of ether oxygens (including phenoxy) is 1. The van der Waals surface area contributed by atoms with E-state index >= 15 is 0 Å². The van der Waals surface area contributed by atoms with E-state index < -0.39 is 0 Å². The van der Waals surface area contributed by atoms with Crippen LogP contribution in [0, 0.1) is 11.3 Å². The van der Waals surface area contributed by atoms with Crippen LogP contribution in [0.5, 0.6) is 5.75 Å². The summed E-state index contributed by atoms with van der Waals surface area (Å²) in [5, 5.41) is 20.5.